The van der Waals surface area contributed by atoms with Crippen LogP contribution in [0.3, 0.4) is 0 Å². The molecule has 0 aliphatic carbocycles. The number of benzene rings is 1. The number of anilines is 1. The first kappa shape index (κ1) is 9.32. The van der Waals surface area contributed by atoms with Crippen LogP contribution in [0.1, 0.15) is 25.0 Å². The lowest BCUT2D eigenvalue weighted by Gasteiger charge is -2.24. The molecule has 14 heavy (non-hydrogen) atoms. The quantitative estimate of drug-likeness (QED) is 0.665. The second-order valence-corrected chi connectivity index (χ2v) is 4.63. The first-order valence-electron chi connectivity index (χ1n) is 5.06. The summed E-state index contributed by atoms with van der Waals surface area (Å²) in [6.45, 7) is 10.5. The van der Waals surface area contributed by atoms with Crippen LogP contribution in [-0.2, 0) is 5.41 Å². The van der Waals surface area contributed by atoms with E-state index in [4.69, 9.17) is 0 Å². The van der Waals surface area contributed by atoms with E-state index in [1.807, 2.05) is 6.08 Å². The molecule has 2 rings (SSSR count). The maximum atomic E-state index is 3.88. The number of rotatable bonds is 1. The van der Waals surface area contributed by atoms with Gasteiger partial charge in [0.15, 0.2) is 0 Å². The topological polar surface area (TPSA) is 12.0 Å². The maximum Gasteiger partial charge on any atom is 0.0534 e. The molecule has 1 nitrogen and oxygen atoms in total. The van der Waals surface area contributed by atoms with Gasteiger partial charge in [-0.3, -0.25) is 0 Å². The summed E-state index contributed by atoms with van der Waals surface area (Å²) in [6, 6.07) is 6.93. The first-order chi connectivity index (χ1) is 6.55. The monoisotopic (exact) mass is 187 g/mol. The van der Waals surface area contributed by atoms with Crippen LogP contribution < -0.4 is 5.32 Å². The van der Waals surface area contributed by atoms with Crippen molar-refractivity contribution >= 4 is 5.69 Å². The van der Waals surface area contributed by atoms with Gasteiger partial charge in [-0.1, -0.05) is 37.6 Å². The average molecular weight is 187 g/mol. The van der Waals surface area contributed by atoms with Gasteiger partial charge in [-0.15, -0.1) is 6.58 Å². The average Bonchev–Trinajstić information content (AvgIpc) is 2.38. The zero-order valence-corrected chi connectivity index (χ0v) is 9.09. The summed E-state index contributed by atoms with van der Waals surface area (Å²) in [5.74, 6) is 0. The molecule has 74 valence electrons. The van der Waals surface area contributed by atoms with Crippen molar-refractivity contribution in [1.82, 2.24) is 0 Å². The lowest BCUT2D eigenvalue weighted by molar-refractivity contribution is 0.518. The minimum atomic E-state index is 0.156. The highest BCUT2D eigenvalue weighted by Gasteiger charge is 2.37. The minimum Gasteiger partial charge on any atom is -0.378 e. The fourth-order valence-corrected chi connectivity index (χ4v) is 2.19. The predicted molar refractivity (Wildman–Crippen MR) is 61.8 cm³/mol. The van der Waals surface area contributed by atoms with E-state index >= 15 is 0 Å². The molecule has 1 atom stereocenters. The van der Waals surface area contributed by atoms with Gasteiger partial charge in [-0.25, -0.2) is 0 Å². The molecular formula is C13H17N. The molecule has 0 saturated heterocycles. The molecule has 1 aliphatic heterocycles. The molecule has 1 heteroatoms. The predicted octanol–water partition coefficient (Wildman–Crippen LogP) is 3.25. The van der Waals surface area contributed by atoms with Crippen molar-refractivity contribution in [3.05, 3.63) is 42.0 Å². The van der Waals surface area contributed by atoms with Crippen LogP contribution in [0.4, 0.5) is 5.69 Å². The Bertz CT molecular complexity index is 377. The Hall–Kier alpha value is -1.24. The molecule has 1 unspecified atom stereocenters. The highest BCUT2D eigenvalue weighted by atomic mass is 15.0. The lowest BCUT2D eigenvalue weighted by Crippen LogP contribution is -2.30. The van der Waals surface area contributed by atoms with Gasteiger partial charge in [0.25, 0.3) is 0 Å². The number of nitrogens with one attached hydrogen (secondary N) is 1. The fourth-order valence-electron chi connectivity index (χ4n) is 2.19. The van der Waals surface area contributed by atoms with Gasteiger partial charge in [0.2, 0.25) is 0 Å². The third-order valence-corrected chi connectivity index (χ3v) is 3.19. The summed E-state index contributed by atoms with van der Waals surface area (Å²) >= 11 is 0. The van der Waals surface area contributed by atoms with Crippen molar-refractivity contribution in [2.75, 3.05) is 5.32 Å². The Morgan fingerprint density at radius 3 is 2.79 bits per heavy atom. The molecule has 1 aliphatic rings. The maximum absolute atomic E-state index is 3.88. The molecule has 0 aromatic heterocycles. The van der Waals surface area contributed by atoms with Crippen molar-refractivity contribution in [1.29, 1.82) is 0 Å². The molecular weight excluding hydrogens is 170 g/mol. The van der Waals surface area contributed by atoms with E-state index in [2.05, 4.69) is 50.9 Å². The second-order valence-electron chi connectivity index (χ2n) is 4.63. The van der Waals surface area contributed by atoms with Crippen LogP contribution >= 0.6 is 0 Å². The van der Waals surface area contributed by atoms with Crippen molar-refractivity contribution in [3.63, 3.8) is 0 Å². The third-order valence-electron chi connectivity index (χ3n) is 3.19. The van der Waals surface area contributed by atoms with E-state index in [0.29, 0.717) is 6.04 Å². The fraction of sp³-hybridized carbons (Fsp3) is 0.385. The Balaban J connectivity index is 2.55. The van der Waals surface area contributed by atoms with Gasteiger partial charge in [-0.05, 0) is 18.6 Å². The highest BCUT2D eigenvalue weighted by Crippen LogP contribution is 2.41. The lowest BCUT2D eigenvalue weighted by atomic mass is 9.80. The standard InChI is InChI=1S/C13H17N/c1-5-12-13(3,4)10-8-9(2)6-7-11(10)14-12/h5-8,12,14H,1H2,2-4H3. The Morgan fingerprint density at radius 1 is 1.43 bits per heavy atom. The molecule has 0 radical (unpaired) electrons. The van der Waals surface area contributed by atoms with Crippen molar-refractivity contribution in [2.45, 2.75) is 32.2 Å². The molecule has 1 N–H and O–H groups in total. The summed E-state index contributed by atoms with van der Waals surface area (Å²) in [4.78, 5) is 0. The second kappa shape index (κ2) is 2.88. The van der Waals surface area contributed by atoms with Crippen LogP contribution in [0.5, 0.6) is 0 Å². The van der Waals surface area contributed by atoms with Crippen LogP contribution in [0.2, 0.25) is 0 Å². The summed E-state index contributed by atoms with van der Waals surface area (Å²) in [5.41, 5.74) is 4.14. The van der Waals surface area contributed by atoms with Crippen LogP contribution in [-0.4, -0.2) is 6.04 Å². The summed E-state index contributed by atoms with van der Waals surface area (Å²) in [5, 5.41) is 3.48. The molecule has 1 heterocycles. The number of aryl methyl sites for hydroxylation is 1. The van der Waals surface area contributed by atoms with Gasteiger partial charge in [0, 0.05) is 11.1 Å². The largest absolute Gasteiger partial charge is 0.378 e. The third kappa shape index (κ3) is 1.16. The molecule has 0 bridgehead atoms. The highest BCUT2D eigenvalue weighted by molar-refractivity contribution is 5.63. The summed E-state index contributed by atoms with van der Waals surface area (Å²) in [7, 11) is 0. The van der Waals surface area contributed by atoms with E-state index in [-0.39, 0.29) is 5.41 Å². The summed E-state index contributed by atoms with van der Waals surface area (Å²) in [6.07, 6.45) is 2.00. The van der Waals surface area contributed by atoms with Crippen molar-refractivity contribution in [2.24, 2.45) is 0 Å². The van der Waals surface area contributed by atoms with Crippen LogP contribution in [0.15, 0.2) is 30.9 Å². The van der Waals surface area contributed by atoms with Crippen LogP contribution in [0, 0.1) is 6.92 Å². The molecule has 1 aromatic rings. The van der Waals surface area contributed by atoms with E-state index < -0.39 is 0 Å². The molecule has 0 amide bonds. The van der Waals surface area contributed by atoms with E-state index in [0.717, 1.165) is 0 Å². The first-order valence-corrected chi connectivity index (χ1v) is 5.06. The van der Waals surface area contributed by atoms with Gasteiger partial charge >= 0.3 is 0 Å². The Kier molecular flexibility index (Phi) is 1.91. The molecule has 0 spiro atoms. The normalized spacial score (nSPS) is 22.6. The minimum absolute atomic E-state index is 0.156. The van der Waals surface area contributed by atoms with Crippen LogP contribution in [0.25, 0.3) is 0 Å². The van der Waals surface area contributed by atoms with Gasteiger partial charge in [-0.2, -0.15) is 0 Å². The van der Waals surface area contributed by atoms with E-state index in [1.165, 1.54) is 16.8 Å². The number of hydrogen-bond acceptors (Lipinski definition) is 1. The van der Waals surface area contributed by atoms with E-state index in [9.17, 15) is 0 Å². The van der Waals surface area contributed by atoms with Gasteiger partial charge < -0.3 is 5.32 Å². The molecule has 0 fully saturated rings. The zero-order chi connectivity index (χ0) is 10.3. The Labute approximate surface area is 85.8 Å². The SMILES string of the molecule is C=CC1Nc2ccc(C)cc2C1(C)C. The molecule has 1 aromatic carbocycles. The van der Waals surface area contributed by atoms with Gasteiger partial charge in [0.05, 0.1) is 6.04 Å². The smallest absolute Gasteiger partial charge is 0.0534 e. The van der Waals surface area contributed by atoms with Gasteiger partial charge in [0.1, 0.15) is 0 Å². The summed E-state index contributed by atoms with van der Waals surface area (Å²) < 4.78 is 0. The zero-order valence-electron chi connectivity index (χ0n) is 9.09. The van der Waals surface area contributed by atoms with Crippen molar-refractivity contribution in [3.8, 4) is 0 Å². The van der Waals surface area contributed by atoms with E-state index in [1.54, 1.807) is 0 Å². The Morgan fingerprint density at radius 2 is 2.14 bits per heavy atom. The van der Waals surface area contributed by atoms with Crippen molar-refractivity contribution < 1.29 is 0 Å². The number of hydrogen-bond donors (Lipinski definition) is 1. The molecule has 0 saturated carbocycles. The number of fused-ring (bicyclic) bond motifs is 1.